The van der Waals surface area contributed by atoms with Crippen molar-refractivity contribution in [3.8, 4) is 5.69 Å². The number of fused-ring (bicyclic) bond motifs is 1. The second-order valence-electron chi connectivity index (χ2n) is 8.11. The van der Waals surface area contributed by atoms with Gasteiger partial charge in [-0.05, 0) is 43.0 Å². The van der Waals surface area contributed by atoms with Crippen LogP contribution in [0.4, 0.5) is 14.5 Å². The first-order chi connectivity index (χ1) is 13.3. The smallest absolute Gasteiger partial charge is 0.161 e. The van der Waals surface area contributed by atoms with Gasteiger partial charge in [0.15, 0.2) is 11.6 Å². The van der Waals surface area contributed by atoms with Gasteiger partial charge in [0.1, 0.15) is 0 Å². The van der Waals surface area contributed by atoms with Crippen molar-refractivity contribution in [2.75, 3.05) is 37.3 Å². The average Bonchev–Trinajstić information content (AvgIpc) is 3.00. The molecule has 1 unspecified atom stereocenters. The van der Waals surface area contributed by atoms with Crippen LogP contribution in [0.3, 0.4) is 0 Å². The fourth-order valence-corrected chi connectivity index (χ4v) is 5.31. The van der Waals surface area contributed by atoms with Crippen LogP contribution in [-0.2, 0) is 0 Å². The summed E-state index contributed by atoms with van der Waals surface area (Å²) < 4.78 is 31.5. The van der Waals surface area contributed by atoms with Crippen molar-refractivity contribution in [2.45, 2.75) is 6.92 Å². The summed E-state index contributed by atoms with van der Waals surface area (Å²) in [7, 11) is 0.121. The highest BCUT2D eigenvalue weighted by molar-refractivity contribution is 8.11. The molecule has 0 radical (unpaired) electrons. The van der Waals surface area contributed by atoms with Gasteiger partial charge in [-0.15, -0.1) is 10.7 Å². The second kappa shape index (κ2) is 6.12. The van der Waals surface area contributed by atoms with E-state index in [2.05, 4.69) is 38.6 Å². The van der Waals surface area contributed by atoms with Crippen LogP contribution in [0, 0.1) is 24.0 Å². The van der Waals surface area contributed by atoms with Crippen LogP contribution < -0.4 is 4.90 Å². The number of nitrogens with zero attached hydrogens (tertiary/aromatic N) is 4. The quantitative estimate of drug-likeness (QED) is 0.622. The van der Waals surface area contributed by atoms with Gasteiger partial charge in [-0.2, -0.15) is 5.10 Å². The third-order valence-electron chi connectivity index (χ3n) is 5.87. The zero-order valence-corrected chi connectivity index (χ0v) is 16.8. The minimum Gasteiger partial charge on any atom is -0.370 e. The summed E-state index contributed by atoms with van der Waals surface area (Å²) in [5.41, 5.74) is 3.29. The molecule has 1 spiro atoms. The summed E-state index contributed by atoms with van der Waals surface area (Å²) in [4.78, 5) is 2.40. The van der Waals surface area contributed by atoms with Gasteiger partial charge in [0.2, 0.25) is 0 Å². The molecular weight excluding hydrogens is 378 g/mol. The lowest BCUT2D eigenvalue weighted by atomic mass is 9.74. The molecule has 3 heterocycles. The van der Waals surface area contributed by atoms with Crippen molar-refractivity contribution in [3.05, 3.63) is 53.7 Å². The van der Waals surface area contributed by atoms with E-state index in [1.807, 2.05) is 6.07 Å². The molecule has 1 atom stereocenters. The highest BCUT2D eigenvalue weighted by Crippen LogP contribution is 2.45. The Morgan fingerprint density at radius 1 is 1.07 bits per heavy atom. The van der Waals surface area contributed by atoms with Crippen molar-refractivity contribution in [2.24, 2.45) is 5.41 Å². The normalized spacial score (nSPS) is 19.6. The number of anilines is 1. The summed E-state index contributed by atoms with van der Waals surface area (Å²) >= 11 is 0. The molecule has 28 heavy (non-hydrogen) atoms. The molecule has 2 aromatic carbocycles. The Morgan fingerprint density at radius 2 is 1.82 bits per heavy atom. The zero-order chi connectivity index (χ0) is 19.6. The van der Waals surface area contributed by atoms with Gasteiger partial charge in [0.05, 0.1) is 17.4 Å². The van der Waals surface area contributed by atoms with Crippen LogP contribution >= 0.6 is 10.7 Å². The number of aromatic nitrogens is 2. The van der Waals surface area contributed by atoms with E-state index in [1.54, 1.807) is 23.9 Å². The van der Waals surface area contributed by atoms with E-state index in [0.717, 1.165) is 37.1 Å². The van der Waals surface area contributed by atoms with Crippen LogP contribution in [-0.4, -0.2) is 52.4 Å². The standard InChI is InChI=1S/C21H22F2N4S/c1-14-6-17(8-18(22)20(14)23)27-19-5-4-16(7-15(19)9-24-27)25-10-21(11-25)12-26(13-21)28(2)3/h4-9H,2,10-13H2,1,3H3. The Kier molecular flexibility index (Phi) is 3.90. The Hall–Kier alpha value is -2.25. The molecule has 0 bridgehead atoms. The lowest BCUT2D eigenvalue weighted by Gasteiger charge is -2.61. The van der Waals surface area contributed by atoms with E-state index < -0.39 is 11.6 Å². The zero-order valence-electron chi connectivity index (χ0n) is 16.0. The van der Waals surface area contributed by atoms with Crippen molar-refractivity contribution in [3.63, 3.8) is 0 Å². The van der Waals surface area contributed by atoms with Crippen LogP contribution in [0.1, 0.15) is 5.56 Å². The van der Waals surface area contributed by atoms with Gasteiger partial charge in [-0.1, -0.05) is 5.87 Å². The van der Waals surface area contributed by atoms with Gasteiger partial charge in [-0.3, -0.25) is 4.31 Å². The van der Waals surface area contributed by atoms with Crippen LogP contribution in [0.25, 0.3) is 16.6 Å². The molecule has 7 heteroatoms. The Bertz CT molecular complexity index is 1090. The molecule has 0 N–H and O–H groups in total. The Labute approximate surface area is 165 Å². The van der Waals surface area contributed by atoms with E-state index in [-0.39, 0.29) is 16.2 Å². The van der Waals surface area contributed by atoms with Gasteiger partial charge >= 0.3 is 0 Å². The van der Waals surface area contributed by atoms with Gasteiger partial charge in [-0.25, -0.2) is 13.5 Å². The predicted molar refractivity (Wildman–Crippen MR) is 113 cm³/mol. The van der Waals surface area contributed by atoms with E-state index in [9.17, 15) is 8.78 Å². The summed E-state index contributed by atoms with van der Waals surface area (Å²) in [5.74, 6) is 2.46. The van der Waals surface area contributed by atoms with Crippen molar-refractivity contribution < 1.29 is 8.78 Å². The van der Waals surface area contributed by atoms with Gasteiger partial charge < -0.3 is 4.90 Å². The number of rotatable bonds is 3. The molecule has 2 saturated heterocycles. The highest BCUT2D eigenvalue weighted by atomic mass is 32.2. The molecule has 2 aliphatic rings. The monoisotopic (exact) mass is 400 g/mol. The maximum atomic E-state index is 13.8. The SMILES string of the molecule is C=S(C)N1CC2(CN(c3ccc4c(cnn4-c4cc(C)c(F)c(F)c4)c3)C2)C1. The van der Waals surface area contributed by atoms with E-state index >= 15 is 0 Å². The molecule has 2 fully saturated rings. The number of hydrogen-bond donors (Lipinski definition) is 0. The minimum atomic E-state index is -0.854. The number of hydrogen-bond acceptors (Lipinski definition) is 3. The molecule has 3 aromatic rings. The average molecular weight is 400 g/mol. The molecule has 2 aliphatic heterocycles. The first kappa shape index (κ1) is 17.8. The third-order valence-corrected chi connectivity index (χ3v) is 7.01. The molecule has 0 saturated carbocycles. The number of halogens is 2. The summed E-state index contributed by atoms with van der Waals surface area (Å²) in [6, 6.07) is 9.02. The van der Waals surface area contributed by atoms with Crippen molar-refractivity contribution >= 4 is 33.1 Å². The molecule has 146 valence electrons. The van der Waals surface area contributed by atoms with E-state index in [1.165, 1.54) is 11.8 Å². The molecule has 0 amide bonds. The number of aryl methyl sites for hydroxylation is 1. The lowest BCUT2D eigenvalue weighted by Crippen LogP contribution is -2.71. The summed E-state index contributed by atoms with van der Waals surface area (Å²) in [5, 5.41) is 5.39. The number of benzene rings is 2. The first-order valence-electron chi connectivity index (χ1n) is 9.25. The fraction of sp³-hybridized carbons (Fsp3) is 0.333. The molecule has 4 nitrogen and oxygen atoms in total. The maximum Gasteiger partial charge on any atom is 0.161 e. The topological polar surface area (TPSA) is 24.3 Å². The van der Waals surface area contributed by atoms with Crippen molar-refractivity contribution in [1.29, 1.82) is 0 Å². The third kappa shape index (κ3) is 2.68. The largest absolute Gasteiger partial charge is 0.370 e. The summed E-state index contributed by atoms with van der Waals surface area (Å²) in [6.07, 6.45) is 3.95. The molecule has 0 aliphatic carbocycles. The molecular formula is C21H22F2N4S. The fourth-order valence-electron chi connectivity index (χ4n) is 4.32. The van der Waals surface area contributed by atoms with Crippen LogP contribution in [0.2, 0.25) is 0 Å². The highest BCUT2D eigenvalue weighted by Gasteiger charge is 2.51. The van der Waals surface area contributed by atoms with Crippen LogP contribution in [0.5, 0.6) is 0 Å². The lowest BCUT2D eigenvalue weighted by molar-refractivity contribution is 0.0476. The molecule has 1 aromatic heterocycles. The predicted octanol–water partition coefficient (Wildman–Crippen LogP) is 3.98. The second-order valence-corrected chi connectivity index (χ2v) is 9.83. The maximum absolute atomic E-state index is 13.8. The molecule has 5 rings (SSSR count). The minimum absolute atomic E-state index is 0.121. The van der Waals surface area contributed by atoms with E-state index in [0.29, 0.717) is 11.1 Å². The van der Waals surface area contributed by atoms with Crippen LogP contribution in [0.15, 0.2) is 36.5 Å². The van der Waals surface area contributed by atoms with Gasteiger partial charge in [0.25, 0.3) is 0 Å². The van der Waals surface area contributed by atoms with Gasteiger partial charge in [0, 0.05) is 48.7 Å². The van der Waals surface area contributed by atoms with E-state index in [4.69, 9.17) is 0 Å². The first-order valence-corrected chi connectivity index (χ1v) is 11.0. The Balaban J connectivity index is 1.39. The Morgan fingerprint density at radius 3 is 2.50 bits per heavy atom. The van der Waals surface area contributed by atoms with Crippen molar-refractivity contribution in [1.82, 2.24) is 14.1 Å². The summed E-state index contributed by atoms with van der Waals surface area (Å²) in [6.45, 7) is 5.98.